The molecule has 0 N–H and O–H groups in total. The molecule has 6 nitrogen and oxygen atoms in total. The Kier molecular flexibility index (Phi) is 13.8. The minimum Gasteiger partial charge on any atom is -0.338 e. The average molecular weight is 977 g/mol. The number of benzene rings is 8. The molecule has 0 aliphatic carbocycles. The summed E-state index contributed by atoms with van der Waals surface area (Å²) in [6, 6.07) is 64.6. The van der Waals surface area contributed by atoms with E-state index >= 15 is 0 Å². The quantitative estimate of drug-likeness (QED) is 0.122. The molecule has 0 spiro atoms. The van der Waals surface area contributed by atoms with Crippen LogP contribution in [0.4, 0.5) is 4.39 Å². The second-order valence-electron chi connectivity index (χ2n) is 21.6. The predicted molar refractivity (Wildman–Crippen MR) is 299 cm³/mol. The fourth-order valence-electron chi connectivity index (χ4n) is 13.0. The number of amides is 2. The first-order chi connectivity index (χ1) is 36.4. The van der Waals surface area contributed by atoms with Gasteiger partial charge in [-0.3, -0.25) is 14.5 Å². The third kappa shape index (κ3) is 10.2. The summed E-state index contributed by atoms with van der Waals surface area (Å²) in [6.07, 6.45) is 6.78. The first kappa shape index (κ1) is 47.8. The number of fused-ring (bicyclic) bond motifs is 2. The van der Waals surface area contributed by atoms with Crippen LogP contribution in [0.1, 0.15) is 74.1 Å². The molecule has 4 atom stereocenters. The summed E-state index contributed by atoms with van der Waals surface area (Å²) in [5.41, 5.74) is 10.1. The van der Waals surface area contributed by atoms with Crippen molar-refractivity contribution in [3.05, 3.63) is 233 Å². The van der Waals surface area contributed by atoms with Crippen LogP contribution in [0, 0.1) is 23.6 Å². The lowest BCUT2D eigenvalue weighted by Gasteiger charge is -2.34. The molecule has 4 aliphatic rings. The Morgan fingerprint density at radius 2 is 1.05 bits per heavy atom. The van der Waals surface area contributed by atoms with Gasteiger partial charge in [0.15, 0.2) is 0 Å². The Labute approximate surface area is 435 Å². The molecular formula is C67H65FN4O2. The molecule has 3 saturated heterocycles. The number of halogens is 1. The van der Waals surface area contributed by atoms with E-state index in [0.29, 0.717) is 19.0 Å². The van der Waals surface area contributed by atoms with Crippen LogP contribution in [0.15, 0.2) is 194 Å². The molecule has 3 fully saturated rings. The van der Waals surface area contributed by atoms with Crippen molar-refractivity contribution in [2.24, 2.45) is 17.8 Å². The van der Waals surface area contributed by atoms with Gasteiger partial charge >= 0.3 is 0 Å². The van der Waals surface area contributed by atoms with Crippen LogP contribution in [0.3, 0.4) is 0 Å². The van der Waals surface area contributed by atoms with Gasteiger partial charge in [0.25, 0.3) is 11.8 Å². The molecule has 74 heavy (non-hydrogen) atoms. The van der Waals surface area contributed by atoms with Crippen molar-refractivity contribution in [3.8, 4) is 11.1 Å². The normalized spacial score (nSPS) is 20.9. The fourth-order valence-corrected chi connectivity index (χ4v) is 13.0. The van der Waals surface area contributed by atoms with E-state index in [1.165, 1.54) is 35.1 Å². The fraction of sp³-hybridized carbons (Fsp3) is 0.284. The number of carbonyl (C=O) groups is 2. The highest BCUT2D eigenvalue weighted by atomic mass is 19.1. The standard InChI is InChI=1S/C67H65FN4O2/c68-59-27-24-49(25-28-59)50-32-36-70(37-33-50)42-58-44-72(66(73)62-22-10-17-51-16-7-8-21-60(51)62)46-65(58)56-19-9-18-53(39-56)54-26-29-61-55(40-54)20-11-23-63(61)67(74)71-43-57(64(45-71)52-14-5-2-6-15-52)41-69-34-30-48(31-35-69)38-47-12-3-1-4-13-47/h1-29,32,39-40,48,57-58,64-65H,30-31,33-38,41-46H2/t57-,58-,64+,65+/m0/s1. The summed E-state index contributed by atoms with van der Waals surface area (Å²) in [7, 11) is 0. The number of rotatable bonds is 12. The van der Waals surface area contributed by atoms with Gasteiger partial charge in [0, 0.05) is 75.3 Å². The van der Waals surface area contributed by atoms with Crippen LogP contribution in [0.2, 0.25) is 0 Å². The van der Waals surface area contributed by atoms with Gasteiger partial charge in [-0.1, -0.05) is 164 Å². The van der Waals surface area contributed by atoms with Gasteiger partial charge in [0.1, 0.15) is 5.82 Å². The molecule has 12 rings (SSSR count). The minimum atomic E-state index is -0.215. The van der Waals surface area contributed by atoms with E-state index in [9.17, 15) is 14.0 Å². The second kappa shape index (κ2) is 21.3. The first-order valence-corrected chi connectivity index (χ1v) is 27.0. The zero-order valence-electron chi connectivity index (χ0n) is 42.2. The van der Waals surface area contributed by atoms with Crippen LogP contribution < -0.4 is 0 Å². The molecule has 0 aromatic heterocycles. The van der Waals surface area contributed by atoms with Gasteiger partial charge in [0.05, 0.1) is 0 Å². The van der Waals surface area contributed by atoms with E-state index in [2.05, 4.69) is 153 Å². The Balaban J connectivity index is 0.773. The number of hydrogen-bond donors (Lipinski definition) is 0. The topological polar surface area (TPSA) is 47.1 Å². The van der Waals surface area contributed by atoms with Gasteiger partial charge in [-0.2, -0.15) is 0 Å². The van der Waals surface area contributed by atoms with Crippen LogP contribution in [-0.4, -0.2) is 96.9 Å². The third-order valence-electron chi connectivity index (χ3n) is 17.0. The van der Waals surface area contributed by atoms with Crippen molar-refractivity contribution in [1.29, 1.82) is 0 Å². The summed E-state index contributed by atoms with van der Waals surface area (Å²) in [5, 5.41) is 4.09. The van der Waals surface area contributed by atoms with E-state index in [0.717, 1.165) is 120 Å². The van der Waals surface area contributed by atoms with E-state index in [-0.39, 0.29) is 35.4 Å². The maximum absolute atomic E-state index is 14.8. The lowest BCUT2D eigenvalue weighted by atomic mass is 9.86. The molecule has 8 aromatic rings. The zero-order valence-corrected chi connectivity index (χ0v) is 42.2. The van der Waals surface area contributed by atoms with Gasteiger partial charge in [0.2, 0.25) is 0 Å². The molecule has 0 saturated carbocycles. The number of likely N-dealkylation sites (tertiary alicyclic amines) is 3. The molecule has 372 valence electrons. The summed E-state index contributed by atoms with van der Waals surface area (Å²) >= 11 is 0. The SMILES string of the molecule is O=C(c1cccc2ccccc12)N1C[C@H](CN2CC=C(c3ccc(F)cc3)CC2)[C@@H](c2cccc(-c3ccc4c(C(=O)N5C[C@H](CN6CCC(Cc7ccccc7)CC6)[C@@H](c6ccccc6)C5)cccc4c3)c2)C1. The van der Waals surface area contributed by atoms with Crippen molar-refractivity contribution in [3.63, 3.8) is 0 Å². The van der Waals surface area contributed by atoms with Crippen LogP contribution in [0.5, 0.6) is 0 Å². The molecule has 2 amide bonds. The molecule has 4 aliphatic heterocycles. The van der Waals surface area contributed by atoms with Crippen molar-refractivity contribution in [1.82, 2.24) is 19.6 Å². The molecule has 0 radical (unpaired) electrons. The Morgan fingerprint density at radius 1 is 0.486 bits per heavy atom. The lowest BCUT2D eigenvalue weighted by Crippen LogP contribution is -2.39. The van der Waals surface area contributed by atoms with Crippen molar-refractivity contribution in [2.45, 2.75) is 37.5 Å². The van der Waals surface area contributed by atoms with Crippen molar-refractivity contribution < 1.29 is 14.0 Å². The van der Waals surface area contributed by atoms with E-state index < -0.39 is 0 Å². The first-order valence-electron chi connectivity index (χ1n) is 27.0. The average Bonchev–Trinajstić information content (AvgIpc) is 4.09. The maximum Gasteiger partial charge on any atom is 0.254 e. The largest absolute Gasteiger partial charge is 0.338 e. The monoisotopic (exact) mass is 977 g/mol. The van der Waals surface area contributed by atoms with Crippen LogP contribution in [0.25, 0.3) is 38.2 Å². The van der Waals surface area contributed by atoms with E-state index in [1.807, 2.05) is 48.5 Å². The summed E-state index contributed by atoms with van der Waals surface area (Å²) in [6.45, 7) is 8.61. The van der Waals surface area contributed by atoms with Gasteiger partial charge in [-0.25, -0.2) is 4.39 Å². The Morgan fingerprint density at radius 3 is 1.76 bits per heavy atom. The molecular weight excluding hydrogens is 912 g/mol. The van der Waals surface area contributed by atoms with Crippen LogP contribution >= 0.6 is 0 Å². The summed E-state index contributed by atoms with van der Waals surface area (Å²) < 4.78 is 13.8. The van der Waals surface area contributed by atoms with E-state index in [1.54, 1.807) is 12.1 Å². The van der Waals surface area contributed by atoms with Crippen molar-refractivity contribution >= 4 is 38.9 Å². The number of nitrogens with zero attached hydrogens (tertiary/aromatic N) is 4. The Hall–Kier alpha value is -7.19. The predicted octanol–water partition coefficient (Wildman–Crippen LogP) is 13.3. The number of carbonyl (C=O) groups excluding carboxylic acids is 2. The second-order valence-corrected chi connectivity index (χ2v) is 21.6. The highest BCUT2D eigenvalue weighted by Crippen LogP contribution is 2.40. The highest BCUT2D eigenvalue weighted by Gasteiger charge is 2.40. The highest BCUT2D eigenvalue weighted by molar-refractivity contribution is 6.08. The van der Waals surface area contributed by atoms with Gasteiger partial charge < -0.3 is 14.7 Å². The summed E-state index contributed by atoms with van der Waals surface area (Å²) in [4.78, 5) is 38.8. The third-order valence-corrected chi connectivity index (χ3v) is 17.0. The number of hydrogen-bond acceptors (Lipinski definition) is 4. The molecule has 0 unspecified atom stereocenters. The Bertz CT molecular complexity index is 3310. The minimum absolute atomic E-state index is 0.0809. The number of piperidine rings is 1. The zero-order chi connectivity index (χ0) is 50.0. The van der Waals surface area contributed by atoms with Crippen LogP contribution in [-0.2, 0) is 6.42 Å². The van der Waals surface area contributed by atoms with E-state index in [4.69, 9.17) is 0 Å². The van der Waals surface area contributed by atoms with Crippen molar-refractivity contribution in [2.75, 3.05) is 65.4 Å². The molecule has 0 bridgehead atoms. The molecule has 7 heteroatoms. The molecule has 4 heterocycles. The smallest absolute Gasteiger partial charge is 0.254 e. The lowest BCUT2D eigenvalue weighted by molar-refractivity contribution is 0.0776. The summed E-state index contributed by atoms with van der Waals surface area (Å²) in [5.74, 6) is 1.71. The van der Waals surface area contributed by atoms with Gasteiger partial charge in [-0.05, 0) is 147 Å². The maximum atomic E-state index is 14.8. The molecule has 8 aromatic carbocycles. The van der Waals surface area contributed by atoms with Gasteiger partial charge in [-0.15, -0.1) is 0 Å².